The normalized spacial score (nSPS) is 20.2. The third kappa shape index (κ3) is 7.54. The number of halogens is 2. The Morgan fingerprint density at radius 2 is 2.00 bits per heavy atom. The number of aromatic nitrogens is 3. The minimum atomic E-state index is -3.95. The second-order valence-corrected chi connectivity index (χ2v) is 8.81. The summed E-state index contributed by atoms with van der Waals surface area (Å²) in [7, 11) is 0. The zero-order valence-electron chi connectivity index (χ0n) is 21.1. The van der Waals surface area contributed by atoms with E-state index in [-0.39, 0.29) is 25.3 Å². The van der Waals surface area contributed by atoms with Crippen LogP contribution in [0.5, 0.6) is 0 Å². The molecule has 1 saturated heterocycles. The Balaban J connectivity index is 1.69. The molecule has 0 bridgehead atoms. The Morgan fingerprint density at radius 1 is 1.21 bits per heavy atom. The highest BCUT2D eigenvalue weighted by Crippen LogP contribution is 2.44. The number of anilines is 1. The van der Waals surface area contributed by atoms with Gasteiger partial charge in [-0.2, -0.15) is 8.78 Å². The molecule has 2 N–H and O–H groups in total. The van der Waals surface area contributed by atoms with Crippen LogP contribution in [0.25, 0.3) is 0 Å². The highest BCUT2D eigenvalue weighted by Gasteiger charge is 2.62. The predicted molar refractivity (Wildman–Crippen MR) is 131 cm³/mol. The van der Waals surface area contributed by atoms with Gasteiger partial charge in [0, 0.05) is 25.0 Å². The molecule has 0 aliphatic carbocycles. The molecule has 0 saturated carbocycles. The zero-order chi connectivity index (χ0) is 27.5. The van der Waals surface area contributed by atoms with Crippen LogP contribution in [0.1, 0.15) is 57.2 Å². The van der Waals surface area contributed by atoms with E-state index in [2.05, 4.69) is 22.2 Å². The summed E-state index contributed by atoms with van der Waals surface area (Å²) < 4.78 is 46.8. The van der Waals surface area contributed by atoms with Crippen molar-refractivity contribution in [2.75, 3.05) is 18.5 Å². The molecule has 3 heterocycles. The molecule has 3 rings (SSSR count). The monoisotopic (exact) mass is 538 g/mol. The largest absolute Gasteiger partial charge is 0.453 e. The smallest absolute Gasteiger partial charge is 0.412 e. The Kier molecular flexibility index (Phi) is 10.7. The molecule has 2 aromatic rings. The maximum Gasteiger partial charge on any atom is 0.412 e. The highest BCUT2D eigenvalue weighted by atomic mass is 19.3. The number of carbonyl (C=O) groups is 2. The number of hydrogen-bond donors (Lipinski definition) is 2. The third-order valence-electron chi connectivity index (χ3n) is 5.96. The molecule has 0 spiro atoms. The molecule has 1 amide bonds. The highest BCUT2D eigenvalue weighted by molar-refractivity contribution is 5.83. The summed E-state index contributed by atoms with van der Waals surface area (Å²) in [6.07, 6.45) is 1.67. The fraction of sp³-hybridized carbons (Fsp3) is 0.560. The van der Waals surface area contributed by atoms with Gasteiger partial charge in [-0.3, -0.25) is 15.1 Å². The van der Waals surface area contributed by atoms with Crippen LogP contribution in [-0.2, 0) is 25.4 Å². The van der Waals surface area contributed by atoms with Gasteiger partial charge in [0.15, 0.2) is 6.10 Å². The molecule has 208 valence electrons. The van der Waals surface area contributed by atoms with E-state index in [1.807, 2.05) is 0 Å². The SMILES string of the molecule is CCCCCCCOC(=O)Nc1ccnc(=O)n1[C@@H]1O[C@H](CO)[C@@H](OC(=O)CCc2cccnc2)C1(F)F. The number of nitrogens with one attached hydrogen (secondary N) is 1. The summed E-state index contributed by atoms with van der Waals surface area (Å²) in [5.74, 6) is -5.25. The number of esters is 1. The first-order chi connectivity index (χ1) is 18.3. The van der Waals surface area contributed by atoms with Crippen LogP contribution in [0.15, 0.2) is 41.6 Å². The van der Waals surface area contributed by atoms with Crippen molar-refractivity contribution >= 4 is 17.9 Å². The standard InChI is InChI=1S/C25H32F2N4O7/c1-2-3-4-5-6-14-36-24(35)30-19-11-13-29-23(34)31(19)22-25(26,27)21(18(16-32)37-22)38-20(33)10-9-17-8-7-12-28-15-17/h7-8,11-13,15,18,21-22,32H,2-6,9-10,14,16H2,1H3,(H,30,35)/t18-,21-,22-/m1/s1. The second kappa shape index (κ2) is 13.9. The van der Waals surface area contributed by atoms with Crippen LogP contribution < -0.4 is 11.0 Å². The van der Waals surface area contributed by atoms with Crippen molar-refractivity contribution in [1.29, 1.82) is 0 Å². The van der Waals surface area contributed by atoms with Gasteiger partial charge in [-0.05, 0) is 30.5 Å². The lowest BCUT2D eigenvalue weighted by molar-refractivity contribution is -0.176. The first-order valence-electron chi connectivity index (χ1n) is 12.5. The number of aryl methyl sites for hydroxylation is 1. The summed E-state index contributed by atoms with van der Waals surface area (Å²) in [4.78, 5) is 44.5. The van der Waals surface area contributed by atoms with Crippen molar-refractivity contribution < 1.29 is 37.7 Å². The third-order valence-corrected chi connectivity index (χ3v) is 5.96. The van der Waals surface area contributed by atoms with Crippen LogP contribution >= 0.6 is 0 Å². The fourth-order valence-electron chi connectivity index (χ4n) is 3.99. The lowest BCUT2D eigenvalue weighted by atomic mass is 10.1. The lowest BCUT2D eigenvalue weighted by Gasteiger charge is -2.25. The van der Waals surface area contributed by atoms with Crippen LogP contribution in [0.4, 0.5) is 19.4 Å². The van der Waals surface area contributed by atoms with Gasteiger partial charge in [0.1, 0.15) is 11.9 Å². The Labute approximate surface area is 218 Å². The van der Waals surface area contributed by atoms with Gasteiger partial charge in [-0.15, -0.1) is 0 Å². The van der Waals surface area contributed by atoms with Gasteiger partial charge in [0.25, 0.3) is 0 Å². The number of carbonyl (C=O) groups excluding carboxylic acids is 2. The molecular formula is C25H32F2N4O7. The van der Waals surface area contributed by atoms with E-state index in [0.717, 1.165) is 37.9 Å². The number of unbranched alkanes of at least 4 members (excludes halogenated alkanes) is 4. The first kappa shape index (κ1) is 29.1. The maximum absolute atomic E-state index is 15.5. The number of aliphatic hydroxyl groups is 1. The minimum absolute atomic E-state index is 0.116. The Hall–Kier alpha value is -3.45. The molecule has 0 radical (unpaired) electrons. The summed E-state index contributed by atoms with van der Waals surface area (Å²) in [6.45, 7) is 1.28. The summed E-state index contributed by atoms with van der Waals surface area (Å²) in [5.41, 5.74) is -0.437. The maximum atomic E-state index is 15.5. The van der Waals surface area contributed by atoms with E-state index < -0.39 is 48.7 Å². The van der Waals surface area contributed by atoms with E-state index in [1.54, 1.807) is 18.3 Å². The number of ether oxygens (including phenoxy) is 3. The molecule has 11 nitrogen and oxygen atoms in total. The molecule has 0 unspecified atom stereocenters. The first-order valence-corrected chi connectivity index (χ1v) is 12.5. The number of hydrogen-bond acceptors (Lipinski definition) is 9. The number of pyridine rings is 1. The number of amides is 1. The molecule has 2 aromatic heterocycles. The number of aliphatic hydroxyl groups excluding tert-OH is 1. The molecule has 1 aliphatic rings. The lowest BCUT2D eigenvalue weighted by Crippen LogP contribution is -2.45. The average molecular weight is 539 g/mol. The van der Waals surface area contributed by atoms with Gasteiger partial charge in [-0.25, -0.2) is 19.1 Å². The van der Waals surface area contributed by atoms with Crippen molar-refractivity contribution in [3.8, 4) is 0 Å². The molecule has 1 aliphatic heterocycles. The predicted octanol–water partition coefficient (Wildman–Crippen LogP) is 3.23. The molecular weight excluding hydrogens is 506 g/mol. The summed E-state index contributed by atoms with van der Waals surface area (Å²) in [6, 6.07) is 4.53. The summed E-state index contributed by atoms with van der Waals surface area (Å²) >= 11 is 0. The molecule has 13 heteroatoms. The minimum Gasteiger partial charge on any atom is -0.453 e. The van der Waals surface area contributed by atoms with Gasteiger partial charge in [0.2, 0.25) is 6.23 Å². The van der Waals surface area contributed by atoms with E-state index in [0.29, 0.717) is 16.6 Å². The van der Waals surface area contributed by atoms with Crippen molar-refractivity contribution in [3.05, 3.63) is 52.8 Å². The second-order valence-electron chi connectivity index (χ2n) is 8.81. The van der Waals surface area contributed by atoms with Gasteiger partial charge >= 0.3 is 23.7 Å². The molecule has 38 heavy (non-hydrogen) atoms. The van der Waals surface area contributed by atoms with Crippen molar-refractivity contribution in [2.45, 2.75) is 76.2 Å². The van der Waals surface area contributed by atoms with Gasteiger partial charge in [-0.1, -0.05) is 38.7 Å². The Bertz CT molecular complexity index is 1120. The molecule has 3 atom stereocenters. The van der Waals surface area contributed by atoms with Crippen molar-refractivity contribution in [1.82, 2.24) is 14.5 Å². The Morgan fingerprint density at radius 3 is 2.71 bits per heavy atom. The van der Waals surface area contributed by atoms with E-state index in [9.17, 15) is 19.5 Å². The number of rotatable bonds is 13. The molecule has 1 fully saturated rings. The fourth-order valence-corrected chi connectivity index (χ4v) is 3.99. The van der Waals surface area contributed by atoms with Crippen LogP contribution in [-0.4, -0.2) is 63.0 Å². The van der Waals surface area contributed by atoms with Crippen LogP contribution in [0.2, 0.25) is 0 Å². The summed E-state index contributed by atoms with van der Waals surface area (Å²) in [5, 5.41) is 11.9. The quantitative estimate of drug-likeness (QED) is 0.290. The zero-order valence-corrected chi connectivity index (χ0v) is 21.1. The topological polar surface area (TPSA) is 142 Å². The van der Waals surface area contributed by atoms with E-state index in [4.69, 9.17) is 14.2 Å². The van der Waals surface area contributed by atoms with E-state index in [1.165, 1.54) is 6.20 Å². The molecule has 0 aromatic carbocycles. The van der Waals surface area contributed by atoms with Gasteiger partial charge < -0.3 is 19.3 Å². The van der Waals surface area contributed by atoms with Crippen molar-refractivity contribution in [2.24, 2.45) is 0 Å². The van der Waals surface area contributed by atoms with Crippen LogP contribution in [0, 0.1) is 0 Å². The number of nitrogens with zero attached hydrogens (tertiary/aromatic N) is 3. The average Bonchev–Trinajstić information content (AvgIpc) is 3.14. The number of alkyl halides is 2. The van der Waals surface area contributed by atoms with E-state index >= 15 is 8.78 Å². The van der Waals surface area contributed by atoms with Gasteiger partial charge in [0.05, 0.1) is 13.2 Å². The van der Waals surface area contributed by atoms with Crippen LogP contribution in [0.3, 0.4) is 0 Å². The van der Waals surface area contributed by atoms with Crippen molar-refractivity contribution in [3.63, 3.8) is 0 Å².